The van der Waals surface area contributed by atoms with Gasteiger partial charge in [-0.25, -0.2) is 4.98 Å². The minimum absolute atomic E-state index is 0.0776. The molecular weight excluding hydrogens is 349 g/mol. The summed E-state index contributed by atoms with van der Waals surface area (Å²) >= 11 is 0.952. The number of nitro groups is 1. The van der Waals surface area contributed by atoms with Gasteiger partial charge in [0.15, 0.2) is 0 Å². The number of benzene rings is 1. The monoisotopic (exact) mass is 360 g/mol. The maximum Gasteiger partial charge on any atom is 0.418 e. The first kappa shape index (κ1) is 17.8. The molecule has 0 bridgehead atoms. The van der Waals surface area contributed by atoms with Crippen LogP contribution in [0, 0.1) is 10.1 Å². The Hall–Kier alpha value is -2.53. The Balaban J connectivity index is 2.34. The summed E-state index contributed by atoms with van der Waals surface area (Å²) in [4.78, 5) is 25.7. The van der Waals surface area contributed by atoms with Crippen LogP contribution in [0.15, 0.2) is 24.4 Å². The summed E-state index contributed by atoms with van der Waals surface area (Å²) in [5, 5.41) is 13.2. The van der Waals surface area contributed by atoms with Crippen LogP contribution < -0.4 is 11.1 Å². The van der Waals surface area contributed by atoms with Crippen molar-refractivity contribution in [3.05, 3.63) is 50.0 Å². The summed E-state index contributed by atoms with van der Waals surface area (Å²) in [5.41, 5.74) is 3.01. The van der Waals surface area contributed by atoms with Crippen molar-refractivity contribution < 1.29 is 22.9 Å². The highest BCUT2D eigenvalue weighted by molar-refractivity contribution is 7.13. The summed E-state index contributed by atoms with van der Waals surface area (Å²) in [6.45, 7) is 1.65. The molecule has 1 unspecified atom stereocenters. The van der Waals surface area contributed by atoms with Crippen molar-refractivity contribution >= 4 is 28.6 Å². The summed E-state index contributed by atoms with van der Waals surface area (Å²) < 4.78 is 39.2. The lowest BCUT2D eigenvalue weighted by Crippen LogP contribution is -2.16. The van der Waals surface area contributed by atoms with Crippen LogP contribution in [0.2, 0.25) is 0 Å². The van der Waals surface area contributed by atoms with Crippen molar-refractivity contribution in [1.82, 2.24) is 4.98 Å². The number of halogens is 3. The maximum atomic E-state index is 13.1. The normalized spacial score (nSPS) is 12.7. The van der Waals surface area contributed by atoms with Gasteiger partial charge in [-0.1, -0.05) is 0 Å². The first-order valence-electron chi connectivity index (χ1n) is 6.48. The molecule has 0 fully saturated rings. The Morgan fingerprint density at radius 1 is 1.46 bits per heavy atom. The zero-order valence-corrected chi connectivity index (χ0v) is 12.9. The molecule has 0 aliphatic carbocycles. The van der Waals surface area contributed by atoms with Crippen molar-refractivity contribution in [1.29, 1.82) is 0 Å². The second-order valence-electron chi connectivity index (χ2n) is 4.79. The average Bonchev–Trinajstić information content (AvgIpc) is 2.96. The van der Waals surface area contributed by atoms with Crippen molar-refractivity contribution in [2.75, 3.05) is 5.32 Å². The van der Waals surface area contributed by atoms with Gasteiger partial charge < -0.3 is 11.1 Å². The van der Waals surface area contributed by atoms with E-state index >= 15 is 0 Å². The number of carbonyl (C=O) groups excluding carboxylic acids is 1. The summed E-state index contributed by atoms with van der Waals surface area (Å²) in [6.07, 6.45) is -3.66. The number of carbonyl (C=O) groups is 1. The molecular formula is C13H11F3N4O3S. The molecule has 0 aliphatic heterocycles. The lowest BCUT2D eigenvalue weighted by molar-refractivity contribution is -0.385. The number of nitrogens with zero attached hydrogens (tertiary/aromatic N) is 2. The minimum atomic E-state index is -4.86. The highest BCUT2D eigenvalue weighted by Gasteiger charge is 2.35. The van der Waals surface area contributed by atoms with Gasteiger partial charge in [-0.3, -0.25) is 14.9 Å². The molecule has 1 amide bonds. The van der Waals surface area contributed by atoms with Gasteiger partial charge in [0.2, 0.25) is 0 Å². The van der Waals surface area contributed by atoms with E-state index in [1.54, 1.807) is 6.92 Å². The van der Waals surface area contributed by atoms with Gasteiger partial charge >= 0.3 is 6.18 Å². The number of nitro benzene ring substituents is 1. The zero-order chi connectivity index (χ0) is 18.1. The molecule has 24 heavy (non-hydrogen) atoms. The first-order chi connectivity index (χ1) is 11.1. The van der Waals surface area contributed by atoms with E-state index in [9.17, 15) is 28.1 Å². The van der Waals surface area contributed by atoms with Crippen molar-refractivity contribution in [3.8, 4) is 0 Å². The Kier molecular flexibility index (Phi) is 4.85. The molecule has 0 radical (unpaired) electrons. The van der Waals surface area contributed by atoms with E-state index < -0.39 is 40.0 Å². The number of hydrogen-bond acceptors (Lipinski definition) is 6. The Morgan fingerprint density at radius 3 is 2.62 bits per heavy atom. The quantitative estimate of drug-likeness (QED) is 0.642. The second-order valence-corrected chi connectivity index (χ2v) is 5.85. The number of thiazole rings is 1. The summed E-state index contributed by atoms with van der Waals surface area (Å²) in [5.74, 6) is -0.807. The number of nitrogens with two attached hydrogens (primary N) is 1. The standard InChI is InChI=1S/C13H11F3N4O3S/c1-6(17)12-18-5-10(24-12)11(21)19-9-3-2-7(20(22)23)4-8(9)13(14,15)16/h2-6H,17H2,1H3,(H,19,21). The van der Waals surface area contributed by atoms with E-state index in [0.29, 0.717) is 11.1 Å². The fourth-order valence-corrected chi connectivity index (χ4v) is 2.54. The van der Waals surface area contributed by atoms with Crippen LogP contribution >= 0.6 is 11.3 Å². The van der Waals surface area contributed by atoms with E-state index in [1.807, 2.05) is 0 Å². The lowest BCUT2D eigenvalue weighted by atomic mass is 10.1. The van der Waals surface area contributed by atoms with Gasteiger partial charge in [-0.05, 0) is 13.0 Å². The molecule has 3 N–H and O–H groups in total. The third-order valence-corrected chi connectivity index (χ3v) is 4.10. The molecule has 1 aromatic heterocycles. The third kappa shape index (κ3) is 3.86. The van der Waals surface area contributed by atoms with E-state index in [-0.39, 0.29) is 4.88 Å². The molecule has 1 heterocycles. The average molecular weight is 360 g/mol. The topological polar surface area (TPSA) is 111 Å². The Labute approximate surface area is 137 Å². The fraction of sp³-hybridized carbons (Fsp3) is 0.231. The van der Waals surface area contributed by atoms with Gasteiger partial charge in [0, 0.05) is 12.1 Å². The van der Waals surface area contributed by atoms with Crippen molar-refractivity contribution in [2.24, 2.45) is 5.73 Å². The molecule has 11 heteroatoms. The number of aromatic nitrogens is 1. The second kappa shape index (κ2) is 6.53. The Morgan fingerprint density at radius 2 is 2.12 bits per heavy atom. The third-order valence-electron chi connectivity index (χ3n) is 2.90. The van der Waals surface area contributed by atoms with Crippen LogP contribution in [0.4, 0.5) is 24.5 Å². The molecule has 0 saturated heterocycles. The van der Waals surface area contributed by atoms with E-state index in [2.05, 4.69) is 10.3 Å². The van der Waals surface area contributed by atoms with E-state index in [1.165, 1.54) is 6.20 Å². The molecule has 1 aromatic carbocycles. The summed E-state index contributed by atoms with van der Waals surface area (Å²) in [7, 11) is 0. The zero-order valence-electron chi connectivity index (χ0n) is 12.1. The number of alkyl halides is 3. The Bertz CT molecular complexity index is 789. The van der Waals surface area contributed by atoms with Crippen LogP contribution in [-0.4, -0.2) is 15.8 Å². The fourth-order valence-electron chi connectivity index (χ4n) is 1.78. The van der Waals surface area contributed by atoms with Crippen molar-refractivity contribution in [3.63, 3.8) is 0 Å². The van der Waals surface area contributed by atoms with Crippen molar-refractivity contribution in [2.45, 2.75) is 19.1 Å². The number of hydrogen-bond donors (Lipinski definition) is 2. The van der Waals surface area contributed by atoms with E-state index in [0.717, 1.165) is 23.5 Å². The van der Waals surface area contributed by atoms with Crippen LogP contribution in [0.1, 0.15) is 33.2 Å². The lowest BCUT2D eigenvalue weighted by Gasteiger charge is -2.13. The van der Waals surface area contributed by atoms with Crippen LogP contribution in [0.5, 0.6) is 0 Å². The number of rotatable bonds is 4. The SMILES string of the molecule is CC(N)c1ncc(C(=O)Nc2ccc([N+](=O)[O-])cc2C(F)(F)F)s1. The van der Waals surface area contributed by atoms with Gasteiger partial charge in [-0.2, -0.15) is 13.2 Å². The number of amides is 1. The number of non-ortho nitro benzene ring substituents is 1. The van der Waals surface area contributed by atoms with E-state index in [4.69, 9.17) is 5.73 Å². The van der Waals surface area contributed by atoms with Gasteiger partial charge in [-0.15, -0.1) is 11.3 Å². The molecule has 0 saturated carbocycles. The highest BCUT2D eigenvalue weighted by Crippen LogP contribution is 2.37. The molecule has 0 aliphatic rings. The summed E-state index contributed by atoms with van der Waals surface area (Å²) in [6, 6.07) is 1.68. The molecule has 1 atom stereocenters. The molecule has 7 nitrogen and oxygen atoms in total. The predicted molar refractivity (Wildman–Crippen MR) is 80.8 cm³/mol. The number of nitrogens with one attached hydrogen (secondary N) is 1. The largest absolute Gasteiger partial charge is 0.418 e. The maximum absolute atomic E-state index is 13.1. The van der Waals surface area contributed by atoms with Crippen LogP contribution in [-0.2, 0) is 6.18 Å². The highest BCUT2D eigenvalue weighted by atomic mass is 32.1. The van der Waals surface area contributed by atoms with Gasteiger partial charge in [0.1, 0.15) is 9.88 Å². The first-order valence-corrected chi connectivity index (χ1v) is 7.29. The van der Waals surface area contributed by atoms with Gasteiger partial charge in [0.25, 0.3) is 11.6 Å². The molecule has 2 rings (SSSR count). The number of anilines is 1. The van der Waals surface area contributed by atoms with Gasteiger partial charge in [0.05, 0.1) is 28.4 Å². The van der Waals surface area contributed by atoms with Crippen LogP contribution in [0.25, 0.3) is 0 Å². The smallest absolute Gasteiger partial charge is 0.322 e. The molecule has 0 spiro atoms. The molecule has 128 valence electrons. The molecule has 2 aromatic rings. The predicted octanol–water partition coefficient (Wildman–Crippen LogP) is 3.34. The van der Waals surface area contributed by atoms with Crippen LogP contribution in [0.3, 0.4) is 0 Å². The minimum Gasteiger partial charge on any atom is -0.322 e.